The second-order valence-corrected chi connectivity index (χ2v) is 9.44. The summed E-state index contributed by atoms with van der Waals surface area (Å²) in [6.07, 6.45) is 0.181. The molecule has 2 aliphatic rings. The van der Waals surface area contributed by atoms with Gasteiger partial charge in [0.1, 0.15) is 11.5 Å². The van der Waals surface area contributed by atoms with Gasteiger partial charge in [-0.15, -0.1) is 0 Å². The van der Waals surface area contributed by atoms with Crippen molar-refractivity contribution in [1.82, 2.24) is 4.90 Å². The van der Waals surface area contributed by atoms with Gasteiger partial charge in [0.25, 0.3) is 0 Å². The molecule has 0 bridgehead atoms. The minimum absolute atomic E-state index is 0.0314. The van der Waals surface area contributed by atoms with Gasteiger partial charge in [0.05, 0.1) is 25.8 Å². The molecule has 2 aliphatic heterocycles. The molecule has 0 aliphatic carbocycles. The van der Waals surface area contributed by atoms with Crippen molar-refractivity contribution in [2.75, 3.05) is 38.8 Å². The van der Waals surface area contributed by atoms with Crippen LogP contribution in [-0.4, -0.2) is 65.3 Å². The summed E-state index contributed by atoms with van der Waals surface area (Å²) in [7, 11) is 2.19. The Morgan fingerprint density at radius 2 is 1.59 bits per heavy atom. The van der Waals surface area contributed by atoms with Crippen LogP contribution in [0, 0.1) is 5.92 Å². The molecule has 0 spiro atoms. The number of anilines is 1. The van der Waals surface area contributed by atoms with Crippen LogP contribution in [-0.2, 0) is 20.4 Å². The van der Waals surface area contributed by atoms with Gasteiger partial charge in [-0.25, -0.2) is 0 Å². The largest absolute Gasteiger partial charge is 0.497 e. The summed E-state index contributed by atoms with van der Waals surface area (Å²) in [5.41, 5.74) is 0.660. The molecule has 8 heteroatoms. The zero-order valence-corrected chi connectivity index (χ0v) is 17.0. The normalized spacial score (nSPS) is 28.4. The van der Waals surface area contributed by atoms with Crippen LogP contribution in [0.15, 0.2) is 18.2 Å². The second kappa shape index (κ2) is 7.88. The maximum atomic E-state index is 13.0. The highest BCUT2D eigenvalue weighted by Crippen LogP contribution is 2.33. The van der Waals surface area contributed by atoms with Gasteiger partial charge < -0.3 is 19.3 Å². The predicted molar refractivity (Wildman–Crippen MR) is 104 cm³/mol. The number of rotatable bonds is 4. The zero-order chi connectivity index (χ0) is 19.7. The predicted octanol–water partition coefficient (Wildman–Crippen LogP) is 1.42. The number of carbonyl (C=O) groups excluding carboxylic acids is 2. The second-order valence-electron chi connectivity index (χ2n) is 7.17. The average Bonchev–Trinajstić information content (AvgIpc) is 3.06. The van der Waals surface area contributed by atoms with E-state index in [0.29, 0.717) is 36.8 Å². The first kappa shape index (κ1) is 19.7. The summed E-state index contributed by atoms with van der Waals surface area (Å²) >= 11 is 0. The van der Waals surface area contributed by atoms with Crippen LogP contribution in [0.4, 0.5) is 5.69 Å². The Morgan fingerprint density at radius 1 is 1.04 bits per heavy atom. The van der Waals surface area contributed by atoms with Gasteiger partial charge in [0, 0.05) is 65.6 Å². The van der Waals surface area contributed by atoms with Gasteiger partial charge >= 0.3 is 0 Å². The molecule has 3 rings (SSSR count). The molecule has 148 valence electrons. The van der Waals surface area contributed by atoms with Crippen LogP contribution in [0.3, 0.4) is 0 Å². The van der Waals surface area contributed by atoms with Gasteiger partial charge in [-0.2, -0.15) is 0 Å². The van der Waals surface area contributed by atoms with E-state index in [-0.39, 0.29) is 34.7 Å². The summed E-state index contributed by atoms with van der Waals surface area (Å²) in [6, 6.07) is 5.27. The molecule has 27 heavy (non-hydrogen) atoms. The number of amides is 2. The van der Waals surface area contributed by atoms with E-state index in [9.17, 15) is 13.8 Å². The van der Waals surface area contributed by atoms with Crippen molar-refractivity contribution in [3.63, 3.8) is 0 Å². The molecule has 2 saturated heterocycles. The van der Waals surface area contributed by atoms with Crippen LogP contribution in [0.2, 0.25) is 0 Å². The fraction of sp³-hybridized carbons (Fsp3) is 0.579. The Labute approximate surface area is 162 Å². The summed E-state index contributed by atoms with van der Waals surface area (Å²) in [5.74, 6) is 0.670. The lowest BCUT2D eigenvalue weighted by atomic mass is 10.1. The van der Waals surface area contributed by atoms with Crippen molar-refractivity contribution < 1.29 is 23.3 Å². The van der Waals surface area contributed by atoms with E-state index in [1.54, 1.807) is 42.2 Å². The third-order valence-corrected chi connectivity index (χ3v) is 7.07. The first-order chi connectivity index (χ1) is 12.8. The molecule has 2 amide bonds. The topological polar surface area (TPSA) is 76.2 Å². The Bertz CT molecular complexity index is 732. The molecule has 1 aromatic rings. The maximum Gasteiger partial charge on any atom is 0.228 e. The number of ether oxygens (including phenoxy) is 2. The van der Waals surface area contributed by atoms with E-state index in [0.717, 1.165) is 0 Å². The van der Waals surface area contributed by atoms with Crippen LogP contribution in [0.25, 0.3) is 0 Å². The summed E-state index contributed by atoms with van der Waals surface area (Å²) in [6.45, 7) is 5.10. The van der Waals surface area contributed by atoms with Gasteiger partial charge in [0.2, 0.25) is 11.8 Å². The van der Waals surface area contributed by atoms with Gasteiger partial charge in [-0.1, -0.05) is 0 Å². The van der Waals surface area contributed by atoms with Gasteiger partial charge in [-0.05, 0) is 13.8 Å². The quantitative estimate of drug-likeness (QED) is 0.772. The van der Waals surface area contributed by atoms with Crippen LogP contribution < -0.4 is 14.4 Å². The fourth-order valence-electron chi connectivity index (χ4n) is 3.75. The molecule has 1 aromatic carbocycles. The standard InChI is InChI=1S/C19H26N2O5S/c1-12-9-20(10-13(2)27(12)24)19(23)14-5-18(22)21(11-14)15-6-16(25-3)8-17(7-15)26-4/h6-8,12-14H,5,9-11H2,1-4H3. The van der Waals surface area contributed by atoms with E-state index in [4.69, 9.17) is 9.47 Å². The average molecular weight is 394 g/mol. The van der Waals surface area contributed by atoms with Crippen molar-refractivity contribution >= 4 is 28.3 Å². The molecule has 0 saturated carbocycles. The number of hydrogen-bond donors (Lipinski definition) is 0. The number of benzene rings is 1. The molecule has 7 nitrogen and oxygen atoms in total. The lowest BCUT2D eigenvalue weighted by Crippen LogP contribution is -2.51. The third-order valence-electron chi connectivity index (χ3n) is 5.18. The maximum absolute atomic E-state index is 13.0. The molecular formula is C19H26N2O5S. The molecular weight excluding hydrogens is 368 g/mol. The number of methoxy groups -OCH3 is 2. The number of hydrogen-bond acceptors (Lipinski definition) is 5. The summed E-state index contributed by atoms with van der Waals surface area (Å²) in [4.78, 5) is 28.9. The minimum atomic E-state index is -0.919. The van der Waals surface area contributed by atoms with E-state index in [1.807, 2.05) is 13.8 Å². The monoisotopic (exact) mass is 394 g/mol. The van der Waals surface area contributed by atoms with Crippen molar-refractivity contribution in [1.29, 1.82) is 0 Å². The molecule has 0 N–H and O–H groups in total. The van der Waals surface area contributed by atoms with Gasteiger partial charge in [-0.3, -0.25) is 13.8 Å². The van der Waals surface area contributed by atoms with Crippen LogP contribution in [0.5, 0.6) is 11.5 Å². The number of carbonyl (C=O) groups is 2. The molecule has 3 unspecified atom stereocenters. The van der Waals surface area contributed by atoms with E-state index < -0.39 is 10.8 Å². The highest BCUT2D eigenvalue weighted by atomic mass is 32.2. The summed E-state index contributed by atoms with van der Waals surface area (Å²) in [5, 5.41) is -0.0953. The minimum Gasteiger partial charge on any atom is -0.497 e. The first-order valence-corrected chi connectivity index (χ1v) is 10.3. The van der Waals surface area contributed by atoms with Crippen molar-refractivity contribution in [2.45, 2.75) is 30.8 Å². The molecule has 3 atom stereocenters. The Morgan fingerprint density at radius 3 is 2.11 bits per heavy atom. The van der Waals surface area contributed by atoms with Crippen molar-refractivity contribution in [3.05, 3.63) is 18.2 Å². The van der Waals surface area contributed by atoms with E-state index in [1.165, 1.54) is 0 Å². The summed E-state index contributed by atoms with van der Waals surface area (Å²) < 4.78 is 22.7. The zero-order valence-electron chi connectivity index (χ0n) is 16.1. The lowest BCUT2D eigenvalue weighted by Gasteiger charge is -2.35. The van der Waals surface area contributed by atoms with Gasteiger partial charge in [0.15, 0.2) is 0 Å². The SMILES string of the molecule is COc1cc(OC)cc(N2CC(C(=O)N3CC(C)S(=O)C(C)C3)CC2=O)c1. The van der Waals surface area contributed by atoms with E-state index >= 15 is 0 Å². The van der Waals surface area contributed by atoms with Crippen LogP contribution >= 0.6 is 0 Å². The Hall–Kier alpha value is -2.09. The Balaban J connectivity index is 1.76. The van der Waals surface area contributed by atoms with Crippen molar-refractivity contribution in [3.8, 4) is 11.5 Å². The first-order valence-electron chi connectivity index (χ1n) is 9.05. The fourth-order valence-corrected chi connectivity index (χ4v) is 5.19. The highest BCUT2D eigenvalue weighted by Gasteiger charge is 2.40. The van der Waals surface area contributed by atoms with Crippen LogP contribution in [0.1, 0.15) is 20.3 Å². The Kier molecular flexibility index (Phi) is 5.74. The molecule has 2 fully saturated rings. The van der Waals surface area contributed by atoms with E-state index in [2.05, 4.69) is 0 Å². The third kappa shape index (κ3) is 3.95. The molecule has 0 aromatic heterocycles. The number of nitrogens with zero attached hydrogens (tertiary/aromatic N) is 2. The smallest absolute Gasteiger partial charge is 0.228 e. The van der Waals surface area contributed by atoms with Crippen molar-refractivity contribution in [2.24, 2.45) is 5.92 Å². The highest BCUT2D eigenvalue weighted by molar-refractivity contribution is 7.86. The lowest BCUT2D eigenvalue weighted by molar-refractivity contribution is -0.136. The molecule has 2 heterocycles. The molecule has 0 radical (unpaired) electrons.